The first kappa shape index (κ1) is 11.7. The van der Waals surface area contributed by atoms with Gasteiger partial charge in [0.05, 0.1) is 12.0 Å². The van der Waals surface area contributed by atoms with Gasteiger partial charge in [-0.3, -0.25) is 4.79 Å². The molecule has 0 saturated carbocycles. The van der Waals surface area contributed by atoms with Crippen LogP contribution in [-0.4, -0.2) is 27.1 Å². The van der Waals surface area contributed by atoms with Gasteiger partial charge in [-0.15, -0.1) is 0 Å². The zero-order valence-corrected chi connectivity index (χ0v) is 8.25. The Bertz CT molecular complexity index is 414. The molecular formula is C10H10N2O4. The summed E-state index contributed by atoms with van der Waals surface area (Å²) in [6.07, 6.45) is 2.11. The Morgan fingerprint density at radius 1 is 1.38 bits per heavy atom. The van der Waals surface area contributed by atoms with Crippen LogP contribution in [0.3, 0.4) is 0 Å². The summed E-state index contributed by atoms with van der Waals surface area (Å²) in [7, 11) is 0. The standard InChI is InChI=1S/C10H10N2O4/c13-9(14)5-7(10(15)16)6-12-8-3-1-2-4-11-8/h1-4,6H,5H2,(H,11,12)(H,13,14)(H,15,16). The van der Waals surface area contributed by atoms with E-state index in [0.717, 1.165) is 6.20 Å². The van der Waals surface area contributed by atoms with Crippen LogP contribution in [-0.2, 0) is 9.59 Å². The fourth-order valence-electron chi connectivity index (χ4n) is 0.961. The monoisotopic (exact) mass is 222 g/mol. The van der Waals surface area contributed by atoms with Gasteiger partial charge in [0.25, 0.3) is 0 Å². The van der Waals surface area contributed by atoms with Crippen LogP contribution >= 0.6 is 0 Å². The summed E-state index contributed by atoms with van der Waals surface area (Å²) in [6, 6.07) is 5.07. The first-order valence-corrected chi connectivity index (χ1v) is 4.41. The van der Waals surface area contributed by atoms with Gasteiger partial charge >= 0.3 is 11.9 Å². The van der Waals surface area contributed by atoms with Crippen LogP contribution < -0.4 is 5.32 Å². The molecule has 0 atom stereocenters. The molecule has 0 amide bonds. The van der Waals surface area contributed by atoms with Crippen molar-refractivity contribution in [1.29, 1.82) is 0 Å². The van der Waals surface area contributed by atoms with Crippen molar-refractivity contribution in [2.45, 2.75) is 6.42 Å². The van der Waals surface area contributed by atoms with Gasteiger partial charge in [-0.2, -0.15) is 0 Å². The lowest BCUT2D eigenvalue weighted by atomic mass is 10.2. The van der Waals surface area contributed by atoms with Crippen molar-refractivity contribution in [3.8, 4) is 0 Å². The summed E-state index contributed by atoms with van der Waals surface area (Å²) < 4.78 is 0. The van der Waals surface area contributed by atoms with Crippen molar-refractivity contribution in [2.24, 2.45) is 0 Å². The van der Waals surface area contributed by atoms with Gasteiger partial charge in [-0.25, -0.2) is 9.78 Å². The van der Waals surface area contributed by atoms with Crippen molar-refractivity contribution in [3.63, 3.8) is 0 Å². The van der Waals surface area contributed by atoms with Crippen LogP contribution in [0, 0.1) is 0 Å². The molecular weight excluding hydrogens is 212 g/mol. The third kappa shape index (κ3) is 3.79. The minimum Gasteiger partial charge on any atom is -0.481 e. The predicted molar refractivity (Wildman–Crippen MR) is 55.8 cm³/mol. The van der Waals surface area contributed by atoms with E-state index in [1.807, 2.05) is 0 Å². The molecule has 6 heteroatoms. The van der Waals surface area contributed by atoms with Gasteiger partial charge in [0.15, 0.2) is 0 Å². The Morgan fingerprint density at radius 3 is 2.62 bits per heavy atom. The second kappa shape index (κ2) is 5.50. The molecule has 0 aliphatic carbocycles. The minimum atomic E-state index is -1.27. The molecule has 16 heavy (non-hydrogen) atoms. The number of carboxylic acid groups (broad SMARTS) is 2. The zero-order chi connectivity index (χ0) is 12.0. The maximum Gasteiger partial charge on any atom is 0.333 e. The van der Waals surface area contributed by atoms with Gasteiger partial charge in [-0.1, -0.05) is 6.07 Å². The summed E-state index contributed by atoms with van der Waals surface area (Å²) in [5, 5.41) is 19.8. The number of aliphatic carboxylic acids is 2. The molecule has 84 valence electrons. The number of hydrogen-bond acceptors (Lipinski definition) is 4. The molecule has 0 saturated heterocycles. The van der Waals surface area contributed by atoms with Gasteiger partial charge < -0.3 is 15.5 Å². The molecule has 1 heterocycles. The van der Waals surface area contributed by atoms with Crippen LogP contribution in [0.15, 0.2) is 36.2 Å². The molecule has 1 rings (SSSR count). The third-order valence-corrected chi connectivity index (χ3v) is 1.68. The molecule has 6 nitrogen and oxygen atoms in total. The Kier molecular flexibility index (Phi) is 4.02. The molecule has 0 fully saturated rings. The minimum absolute atomic E-state index is 0.238. The Labute approximate surface area is 91.2 Å². The van der Waals surface area contributed by atoms with Crippen LogP contribution in [0.2, 0.25) is 0 Å². The summed E-state index contributed by atoms with van der Waals surface area (Å²) >= 11 is 0. The summed E-state index contributed by atoms with van der Waals surface area (Å²) in [4.78, 5) is 24.9. The van der Waals surface area contributed by atoms with E-state index in [0.29, 0.717) is 5.82 Å². The van der Waals surface area contributed by atoms with Crippen LogP contribution in [0.5, 0.6) is 0 Å². The number of anilines is 1. The normalized spacial score (nSPS) is 10.9. The summed E-state index contributed by atoms with van der Waals surface area (Å²) in [5.74, 6) is -2.02. The molecule has 0 bridgehead atoms. The van der Waals surface area contributed by atoms with Gasteiger partial charge in [0.2, 0.25) is 0 Å². The van der Waals surface area contributed by atoms with Crippen molar-refractivity contribution in [1.82, 2.24) is 4.98 Å². The van der Waals surface area contributed by atoms with E-state index < -0.39 is 18.4 Å². The SMILES string of the molecule is O=C(O)CC(=CNc1ccccn1)C(=O)O. The zero-order valence-electron chi connectivity index (χ0n) is 8.25. The summed E-state index contributed by atoms with van der Waals surface area (Å²) in [5.41, 5.74) is -0.238. The number of pyridine rings is 1. The van der Waals surface area contributed by atoms with Crippen LogP contribution in [0.4, 0.5) is 5.82 Å². The predicted octanol–water partition coefficient (Wildman–Crippen LogP) is 0.937. The number of aromatic nitrogens is 1. The topological polar surface area (TPSA) is 99.5 Å². The average Bonchev–Trinajstić information content (AvgIpc) is 2.25. The lowest BCUT2D eigenvalue weighted by Crippen LogP contribution is -2.08. The number of carboxylic acids is 2. The first-order valence-electron chi connectivity index (χ1n) is 4.41. The Balaban J connectivity index is 2.72. The molecule has 3 N–H and O–H groups in total. The Morgan fingerprint density at radius 2 is 2.12 bits per heavy atom. The number of hydrogen-bond donors (Lipinski definition) is 3. The number of nitrogens with zero attached hydrogens (tertiary/aromatic N) is 1. The van der Waals surface area contributed by atoms with Gasteiger partial charge in [0, 0.05) is 12.4 Å². The molecule has 0 radical (unpaired) electrons. The largest absolute Gasteiger partial charge is 0.481 e. The lowest BCUT2D eigenvalue weighted by Gasteiger charge is -2.01. The second-order valence-electron chi connectivity index (χ2n) is 2.90. The van der Waals surface area contributed by atoms with Crippen molar-refractivity contribution >= 4 is 17.8 Å². The Hall–Kier alpha value is -2.37. The second-order valence-corrected chi connectivity index (χ2v) is 2.90. The van der Waals surface area contributed by atoms with Crippen molar-refractivity contribution in [3.05, 3.63) is 36.2 Å². The van der Waals surface area contributed by atoms with Crippen molar-refractivity contribution in [2.75, 3.05) is 5.32 Å². The van der Waals surface area contributed by atoms with Crippen LogP contribution in [0.1, 0.15) is 6.42 Å². The lowest BCUT2D eigenvalue weighted by molar-refractivity contribution is -0.139. The molecule has 1 aromatic rings. The first-order chi connectivity index (χ1) is 7.59. The molecule has 0 aliphatic heterocycles. The number of nitrogens with one attached hydrogen (secondary N) is 1. The van der Waals surface area contributed by atoms with E-state index in [9.17, 15) is 9.59 Å². The fraction of sp³-hybridized carbons (Fsp3) is 0.100. The van der Waals surface area contributed by atoms with Crippen LogP contribution in [0.25, 0.3) is 0 Å². The highest BCUT2D eigenvalue weighted by molar-refractivity contribution is 5.92. The molecule has 0 aliphatic rings. The van der Waals surface area contributed by atoms with E-state index in [1.165, 1.54) is 6.20 Å². The smallest absolute Gasteiger partial charge is 0.333 e. The van der Waals surface area contributed by atoms with E-state index in [4.69, 9.17) is 10.2 Å². The fourth-order valence-corrected chi connectivity index (χ4v) is 0.961. The number of carbonyl (C=O) groups is 2. The highest BCUT2D eigenvalue weighted by atomic mass is 16.4. The quantitative estimate of drug-likeness (QED) is 0.641. The molecule has 0 aromatic carbocycles. The molecule has 0 unspecified atom stereocenters. The van der Waals surface area contributed by atoms with Gasteiger partial charge in [0.1, 0.15) is 5.82 Å². The van der Waals surface area contributed by atoms with Crippen molar-refractivity contribution < 1.29 is 19.8 Å². The maximum atomic E-state index is 10.7. The van der Waals surface area contributed by atoms with Gasteiger partial charge in [-0.05, 0) is 12.1 Å². The molecule has 0 spiro atoms. The third-order valence-electron chi connectivity index (χ3n) is 1.68. The summed E-state index contributed by atoms with van der Waals surface area (Å²) in [6.45, 7) is 0. The van der Waals surface area contributed by atoms with E-state index in [2.05, 4.69) is 10.3 Å². The van der Waals surface area contributed by atoms with E-state index in [1.54, 1.807) is 18.2 Å². The highest BCUT2D eigenvalue weighted by Crippen LogP contribution is 2.05. The van der Waals surface area contributed by atoms with E-state index >= 15 is 0 Å². The maximum absolute atomic E-state index is 10.7. The highest BCUT2D eigenvalue weighted by Gasteiger charge is 2.11. The molecule has 1 aromatic heterocycles. The van der Waals surface area contributed by atoms with E-state index in [-0.39, 0.29) is 5.57 Å². The number of rotatable bonds is 5. The average molecular weight is 222 g/mol.